The summed E-state index contributed by atoms with van der Waals surface area (Å²) in [5.41, 5.74) is 1.07. The summed E-state index contributed by atoms with van der Waals surface area (Å²) in [6, 6.07) is 10.7. The second-order valence-electron chi connectivity index (χ2n) is 4.61. The van der Waals surface area contributed by atoms with Gasteiger partial charge in [-0.15, -0.1) is 0 Å². The fourth-order valence-electron chi connectivity index (χ4n) is 1.85. The number of nitrogens with zero attached hydrogens (tertiary/aromatic N) is 1. The number of carbonyl (C=O) groups excluding carboxylic acids is 1. The monoisotopic (exact) mass is 353 g/mol. The molecule has 2 aromatic carbocycles. The number of benzene rings is 2. The van der Waals surface area contributed by atoms with Crippen molar-refractivity contribution in [2.24, 2.45) is 0 Å². The molecule has 0 saturated heterocycles. The number of carbonyl (C=O) groups is 1. The number of hydrogen-bond acceptors (Lipinski definition) is 4. The summed E-state index contributed by atoms with van der Waals surface area (Å²) in [4.78, 5) is 22.1. The van der Waals surface area contributed by atoms with Crippen molar-refractivity contribution in [1.29, 1.82) is 0 Å². The van der Waals surface area contributed by atoms with Gasteiger partial charge in [0.2, 0.25) is 0 Å². The van der Waals surface area contributed by atoms with Crippen LogP contribution in [0.25, 0.3) is 0 Å². The van der Waals surface area contributed by atoms with E-state index in [2.05, 4.69) is 10.6 Å². The van der Waals surface area contributed by atoms with E-state index in [4.69, 9.17) is 23.2 Å². The Labute approximate surface area is 142 Å². The van der Waals surface area contributed by atoms with Crippen molar-refractivity contribution in [1.82, 2.24) is 5.32 Å². The highest BCUT2D eigenvalue weighted by Crippen LogP contribution is 2.20. The molecule has 2 rings (SSSR count). The highest BCUT2D eigenvalue weighted by Gasteiger charge is 2.10. The number of anilines is 1. The Kier molecular flexibility index (Phi) is 5.78. The number of non-ortho nitro benzene ring substituents is 1. The van der Waals surface area contributed by atoms with E-state index in [0.29, 0.717) is 28.7 Å². The van der Waals surface area contributed by atoms with Crippen LogP contribution in [0.3, 0.4) is 0 Å². The standard InChI is InChI=1S/C15H13Cl2N3O3/c16-10-1-6-14(17)13(9-10)15(21)19-8-7-18-11-2-4-12(5-3-11)20(22)23/h1-6,9,18H,7-8H2,(H,19,21). The van der Waals surface area contributed by atoms with E-state index < -0.39 is 4.92 Å². The van der Waals surface area contributed by atoms with E-state index in [1.807, 2.05) is 0 Å². The first kappa shape index (κ1) is 17.1. The molecule has 2 aromatic rings. The third-order valence-corrected chi connectivity index (χ3v) is 3.56. The van der Waals surface area contributed by atoms with Gasteiger partial charge in [-0.2, -0.15) is 0 Å². The number of nitro benzene ring substituents is 1. The van der Waals surface area contributed by atoms with E-state index in [0.717, 1.165) is 5.69 Å². The van der Waals surface area contributed by atoms with Gasteiger partial charge in [0, 0.05) is 35.9 Å². The molecule has 2 N–H and O–H groups in total. The predicted octanol–water partition coefficient (Wildman–Crippen LogP) is 3.74. The predicted molar refractivity (Wildman–Crippen MR) is 90.4 cm³/mol. The van der Waals surface area contributed by atoms with E-state index in [1.165, 1.54) is 18.2 Å². The molecule has 0 bridgehead atoms. The van der Waals surface area contributed by atoms with Crippen LogP contribution in [0.15, 0.2) is 42.5 Å². The number of hydrogen-bond donors (Lipinski definition) is 2. The lowest BCUT2D eigenvalue weighted by atomic mass is 10.2. The van der Waals surface area contributed by atoms with E-state index in [-0.39, 0.29) is 11.6 Å². The van der Waals surface area contributed by atoms with E-state index >= 15 is 0 Å². The Bertz CT molecular complexity index is 720. The number of amides is 1. The fourth-order valence-corrected chi connectivity index (χ4v) is 2.23. The Morgan fingerprint density at radius 2 is 1.78 bits per heavy atom. The molecule has 0 aliphatic rings. The smallest absolute Gasteiger partial charge is 0.269 e. The molecule has 0 saturated carbocycles. The number of halogens is 2. The van der Waals surface area contributed by atoms with Crippen LogP contribution in [0.1, 0.15) is 10.4 Å². The first-order valence-electron chi connectivity index (χ1n) is 6.69. The topological polar surface area (TPSA) is 84.3 Å². The summed E-state index contributed by atoms with van der Waals surface area (Å²) < 4.78 is 0. The van der Waals surface area contributed by atoms with Crippen molar-refractivity contribution in [3.8, 4) is 0 Å². The maximum Gasteiger partial charge on any atom is 0.269 e. The van der Waals surface area contributed by atoms with Crippen molar-refractivity contribution in [3.05, 3.63) is 68.2 Å². The van der Waals surface area contributed by atoms with Crippen LogP contribution in [0.4, 0.5) is 11.4 Å². The number of nitro groups is 1. The van der Waals surface area contributed by atoms with Gasteiger partial charge in [0.15, 0.2) is 0 Å². The lowest BCUT2D eigenvalue weighted by Crippen LogP contribution is -2.29. The SMILES string of the molecule is O=C(NCCNc1ccc([N+](=O)[O-])cc1)c1cc(Cl)ccc1Cl. The molecule has 23 heavy (non-hydrogen) atoms. The van der Waals surface area contributed by atoms with Crippen LogP contribution < -0.4 is 10.6 Å². The molecule has 1 amide bonds. The maximum atomic E-state index is 12.0. The fraction of sp³-hybridized carbons (Fsp3) is 0.133. The molecule has 120 valence electrons. The summed E-state index contributed by atoms with van der Waals surface area (Å²) in [6.45, 7) is 0.820. The van der Waals surface area contributed by atoms with Crippen molar-refractivity contribution in [3.63, 3.8) is 0 Å². The zero-order valence-corrected chi connectivity index (χ0v) is 13.4. The van der Waals surface area contributed by atoms with E-state index in [9.17, 15) is 14.9 Å². The second kappa shape index (κ2) is 7.80. The Morgan fingerprint density at radius 1 is 1.09 bits per heavy atom. The normalized spacial score (nSPS) is 10.2. The molecule has 0 aliphatic carbocycles. The molecular weight excluding hydrogens is 341 g/mol. The summed E-state index contributed by atoms with van der Waals surface area (Å²) in [6.07, 6.45) is 0. The molecule has 0 heterocycles. The summed E-state index contributed by atoms with van der Waals surface area (Å²) in [7, 11) is 0. The molecule has 0 atom stereocenters. The third-order valence-electron chi connectivity index (χ3n) is 2.99. The van der Waals surface area contributed by atoms with Gasteiger partial charge in [0.1, 0.15) is 0 Å². The van der Waals surface area contributed by atoms with Crippen LogP contribution in [0.2, 0.25) is 10.0 Å². The Morgan fingerprint density at radius 3 is 2.43 bits per heavy atom. The largest absolute Gasteiger partial charge is 0.383 e. The first-order valence-corrected chi connectivity index (χ1v) is 7.44. The van der Waals surface area contributed by atoms with Gasteiger partial charge in [-0.1, -0.05) is 23.2 Å². The quantitative estimate of drug-likeness (QED) is 0.470. The minimum Gasteiger partial charge on any atom is -0.383 e. The molecule has 0 spiro atoms. The third kappa shape index (κ3) is 4.84. The number of nitrogens with one attached hydrogen (secondary N) is 2. The van der Waals surface area contributed by atoms with Crippen molar-refractivity contribution in [2.75, 3.05) is 18.4 Å². The summed E-state index contributed by atoms with van der Waals surface area (Å²) >= 11 is 11.8. The lowest BCUT2D eigenvalue weighted by Gasteiger charge is -2.09. The lowest BCUT2D eigenvalue weighted by molar-refractivity contribution is -0.384. The molecule has 0 aliphatic heterocycles. The minimum atomic E-state index is -0.460. The van der Waals surface area contributed by atoms with Gasteiger partial charge in [-0.25, -0.2) is 0 Å². The molecule has 0 unspecified atom stereocenters. The van der Waals surface area contributed by atoms with E-state index in [1.54, 1.807) is 24.3 Å². The van der Waals surface area contributed by atoms with Gasteiger partial charge in [0.05, 0.1) is 15.5 Å². The van der Waals surface area contributed by atoms with Crippen LogP contribution >= 0.6 is 23.2 Å². The zero-order chi connectivity index (χ0) is 16.8. The van der Waals surface area contributed by atoms with Crippen LogP contribution in [0.5, 0.6) is 0 Å². The molecule has 0 radical (unpaired) electrons. The van der Waals surface area contributed by atoms with Gasteiger partial charge < -0.3 is 10.6 Å². The summed E-state index contributed by atoms with van der Waals surface area (Å²) in [5.74, 6) is -0.317. The zero-order valence-electron chi connectivity index (χ0n) is 11.9. The molecule has 0 aromatic heterocycles. The number of rotatable bonds is 6. The Balaban J connectivity index is 1.82. The molecule has 6 nitrogen and oxygen atoms in total. The first-order chi connectivity index (χ1) is 11.0. The average molecular weight is 354 g/mol. The second-order valence-corrected chi connectivity index (χ2v) is 5.45. The van der Waals surface area contributed by atoms with Crippen molar-refractivity contribution < 1.29 is 9.72 Å². The average Bonchev–Trinajstić information content (AvgIpc) is 2.54. The van der Waals surface area contributed by atoms with Gasteiger partial charge in [-0.05, 0) is 30.3 Å². The highest BCUT2D eigenvalue weighted by atomic mass is 35.5. The van der Waals surface area contributed by atoms with Gasteiger partial charge in [-0.3, -0.25) is 14.9 Å². The van der Waals surface area contributed by atoms with Crippen LogP contribution in [0, 0.1) is 10.1 Å². The Hall–Kier alpha value is -2.31. The van der Waals surface area contributed by atoms with Gasteiger partial charge >= 0.3 is 0 Å². The van der Waals surface area contributed by atoms with Crippen molar-refractivity contribution in [2.45, 2.75) is 0 Å². The molecule has 0 fully saturated rings. The maximum absolute atomic E-state index is 12.0. The summed E-state index contributed by atoms with van der Waals surface area (Å²) in [5, 5.41) is 17.1. The molecule has 8 heteroatoms. The van der Waals surface area contributed by atoms with Crippen LogP contribution in [-0.4, -0.2) is 23.9 Å². The van der Waals surface area contributed by atoms with Crippen molar-refractivity contribution >= 4 is 40.5 Å². The molecular formula is C15H13Cl2N3O3. The van der Waals surface area contributed by atoms with Gasteiger partial charge in [0.25, 0.3) is 11.6 Å². The minimum absolute atomic E-state index is 0.0273. The highest BCUT2D eigenvalue weighted by molar-refractivity contribution is 6.35. The van der Waals surface area contributed by atoms with Crippen LogP contribution in [-0.2, 0) is 0 Å².